The lowest BCUT2D eigenvalue weighted by molar-refractivity contribution is -0.137. The Morgan fingerprint density at radius 2 is 1.81 bits per heavy atom. The first-order valence-electron chi connectivity index (χ1n) is 9.98. The average molecular weight is 426 g/mol. The molecule has 2 heterocycles. The number of piperidine rings is 1. The first-order chi connectivity index (χ1) is 14.9. The summed E-state index contributed by atoms with van der Waals surface area (Å²) in [7, 11) is 0. The Kier molecular flexibility index (Phi) is 5.63. The van der Waals surface area contributed by atoms with E-state index in [4.69, 9.17) is 0 Å². The first-order valence-corrected chi connectivity index (χ1v) is 9.98. The van der Waals surface area contributed by atoms with Crippen molar-refractivity contribution in [1.29, 1.82) is 0 Å². The number of carbonyl (C=O) groups is 1. The Hall–Kier alpha value is -3.42. The zero-order valence-electron chi connectivity index (χ0n) is 16.7. The van der Waals surface area contributed by atoms with Gasteiger partial charge in [0, 0.05) is 35.5 Å². The summed E-state index contributed by atoms with van der Waals surface area (Å²) in [6.07, 6.45) is -1.32. The molecule has 1 aliphatic heterocycles. The minimum atomic E-state index is -4.39. The van der Waals surface area contributed by atoms with E-state index in [9.17, 15) is 18.0 Å². The SMILES string of the molecule is C=CC(=O)N1CCCC(Nc2nnc(-c3ccc(C(F)(F)F)cc3)c3ccccc23)C1. The lowest BCUT2D eigenvalue weighted by atomic mass is 10.0. The fourth-order valence-corrected chi connectivity index (χ4v) is 3.86. The van der Waals surface area contributed by atoms with Gasteiger partial charge in [-0.15, -0.1) is 10.2 Å². The van der Waals surface area contributed by atoms with E-state index in [2.05, 4.69) is 22.1 Å². The van der Waals surface area contributed by atoms with Gasteiger partial charge in [-0.2, -0.15) is 13.2 Å². The Balaban J connectivity index is 1.64. The van der Waals surface area contributed by atoms with Crippen molar-refractivity contribution >= 4 is 22.5 Å². The van der Waals surface area contributed by atoms with Gasteiger partial charge < -0.3 is 10.2 Å². The van der Waals surface area contributed by atoms with Gasteiger partial charge in [-0.25, -0.2) is 0 Å². The molecule has 1 aliphatic rings. The highest BCUT2D eigenvalue weighted by atomic mass is 19.4. The molecular weight excluding hydrogens is 405 g/mol. The molecule has 1 aromatic heterocycles. The summed E-state index contributed by atoms with van der Waals surface area (Å²) >= 11 is 0. The molecule has 1 N–H and O–H groups in total. The molecule has 1 fully saturated rings. The molecule has 31 heavy (non-hydrogen) atoms. The number of benzene rings is 2. The number of amides is 1. The largest absolute Gasteiger partial charge is 0.416 e. The fraction of sp³-hybridized carbons (Fsp3) is 0.261. The van der Waals surface area contributed by atoms with Crippen molar-refractivity contribution in [2.75, 3.05) is 18.4 Å². The second-order valence-electron chi connectivity index (χ2n) is 7.49. The number of likely N-dealkylation sites (tertiary alicyclic amines) is 1. The molecule has 3 aromatic rings. The summed E-state index contributed by atoms with van der Waals surface area (Å²) < 4.78 is 38.7. The summed E-state index contributed by atoms with van der Waals surface area (Å²) in [5, 5.41) is 13.6. The van der Waals surface area contributed by atoms with E-state index in [1.54, 1.807) is 4.90 Å². The Labute approximate surface area is 177 Å². The molecule has 0 spiro atoms. The second-order valence-corrected chi connectivity index (χ2v) is 7.49. The number of nitrogens with zero attached hydrogens (tertiary/aromatic N) is 3. The Morgan fingerprint density at radius 1 is 1.10 bits per heavy atom. The van der Waals surface area contributed by atoms with Crippen LogP contribution in [0.25, 0.3) is 22.0 Å². The van der Waals surface area contributed by atoms with Gasteiger partial charge in [0.1, 0.15) is 5.69 Å². The van der Waals surface area contributed by atoms with Crippen LogP contribution in [-0.2, 0) is 11.0 Å². The zero-order valence-corrected chi connectivity index (χ0v) is 16.7. The highest BCUT2D eigenvalue weighted by Gasteiger charge is 2.30. The van der Waals surface area contributed by atoms with Gasteiger partial charge in [0.15, 0.2) is 5.82 Å². The molecule has 0 radical (unpaired) electrons. The topological polar surface area (TPSA) is 58.1 Å². The number of aromatic nitrogens is 2. The van der Waals surface area contributed by atoms with Gasteiger partial charge in [-0.3, -0.25) is 4.79 Å². The van der Waals surface area contributed by atoms with Crippen molar-refractivity contribution in [2.24, 2.45) is 0 Å². The predicted molar refractivity (Wildman–Crippen MR) is 113 cm³/mol. The smallest absolute Gasteiger partial charge is 0.364 e. The van der Waals surface area contributed by atoms with Crippen LogP contribution in [-0.4, -0.2) is 40.1 Å². The average Bonchev–Trinajstić information content (AvgIpc) is 2.78. The van der Waals surface area contributed by atoms with E-state index in [-0.39, 0.29) is 11.9 Å². The molecule has 1 atom stereocenters. The number of nitrogens with one attached hydrogen (secondary N) is 1. The molecule has 0 saturated carbocycles. The van der Waals surface area contributed by atoms with E-state index in [1.807, 2.05) is 24.3 Å². The van der Waals surface area contributed by atoms with Crippen molar-refractivity contribution in [3.63, 3.8) is 0 Å². The molecule has 1 unspecified atom stereocenters. The molecule has 1 saturated heterocycles. The predicted octanol–water partition coefficient (Wildman–Crippen LogP) is 4.90. The zero-order chi connectivity index (χ0) is 22.0. The van der Waals surface area contributed by atoms with Gasteiger partial charge in [-0.1, -0.05) is 43.0 Å². The minimum Gasteiger partial charge on any atom is -0.364 e. The summed E-state index contributed by atoms with van der Waals surface area (Å²) in [5.41, 5.74) is 0.369. The number of anilines is 1. The van der Waals surface area contributed by atoms with Gasteiger partial charge in [0.05, 0.1) is 5.56 Å². The van der Waals surface area contributed by atoms with Crippen LogP contribution in [0.4, 0.5) is 19.0 Å². The Bertz CT molecular complexity index is 1110. The normalized spacial score (nSPS) is 16.9. The highest BCUT2D eigenvalue weighted by molar-refractivity contribution is 6.00. The molecule has 160 valence electrons. The first kappa shape index (κ1) is 20.8. The van der Waals surface area contributed by atoms with Gasteiger partial charge in [0.25, 0.3) is 0 Å². The number of halogens is 3. The van der Waals surface area contributed by atoms with Crippen LogP contribution < -0.4 is 5.32 Å². The van der Waals surface area contributed by atoms with Gasteiger partial charge in [0.2, 0.25) is 5.91 Å². The van der Waals surface area contributed by atoms with Gasteiger partial charge >= 0.3 is 6.18 Å². The Morgan fingerprint density at radius 3 is 2.48 bits per heavy atom. The minimum absolute atomic E-state index is 0.0206. The molecule has 8 heteroatoms. The maximum atomic E-state index is 12.9. The van der Waals surface area contributed by atoms with Crippen molar-refractivity contribution < 1.29 is 18.0 Å². The van der Waals surface area contributed by atoms with E-state index < -0.39 is 11.7 Å². The van der Waals surface area contributed by atoms with E-state index >= 15 is 0 Å². The third kappa shape index (κ3) is 4.38. The lowest BCUT2D eigenvalue weighted by Gasteiger charge is -2.33. The van der Waals surface area contributed by atoms with Crippen LogP contribution in [0.1, 0.15) is 18.4 Å². The van der Waals surface area contributed by atoms with E-state index in [1.165, 1.54) is 18.2 Å². The van der Waals surface area contributed by atoms with Crippen LogP contribution in [0.3, 0.4) is 0 Å². The number of rotatable bonds is 4. The molecular formula is C23H21F3N4O. The molecule has 0 bridgehead atoms. The number of hydrogen-bond donors (Lipinski definition) is 1. The highest BCUT2D eigenvalue weighted by Crippen LogP contribution is 2.33. The maximum absolute atomic E-state index is 12.9. The fourth-order valence-electron chi connectivity index (χ4n) is 3.86. The molecule has 5 nitrogen and oxygen atoms in total. The van der Waals surface area contributed by atoms with E-state index in [0.717, 1.165) is 35.7 Å². The monoisotopic (exact) mass is 426 g/mol. The summed E-state index contributed by atoms with van der Waals surface area (Å²) in [4.78, 5) is 13.7. The van der Waals surface area contributed by atoms with Crippen LogP contribution in [0.5, 0.6) is 0 Å². The van der Waals surface area contributed by atoms with Gasteiger partial charge in [-0.05, 0) is 31.1 Å². The standard InChI is InChI=1S/C23H21F3N4O/c1-2-20(31)30-13-5-6-17(14-30)27-22-19-8-4-3-7-18(19)21(28-29-22)15-9-11-16(12-10-15)23(24,25)26/h2-4,7-12,17H,1,5-6,13-14H2,(H,27,29). The van der Waals surface area contributed by atoms with Crippen molar-refractivity contribution in [1.82, 2.24) is 15.1 Å². The summed E-state index contributed by atoms with van der Waals surface area (Å²) in [5.74, 6) is 0.490. The quantitative estimate of drug-likeness (QED) is 0.603. The van der Waals surface area contributed by atoms with Crippen molar-refractivity contribution in [2.45, 2.75) is 25.1 Å². The van der Waals surface area contributed by atoms with Crippen molar-refractivity contribution in [3.05, 3.63) is 66.7 Å². The molecule has 0 aliphatic carbocycles. The maximum Gasteiger partial charge on any atom is 0.416 e. The summed E-state index contributed by atoms with van der Waals surface area (Å²) in [6, 6.07) is 12.4. The second kappa shape index (κ2) is 8.37. The number of hydrogen-bond acceptors (Lipinski definition) is 4. The van der Waals surface area contributed by atoms with Crippen LogP contribution in [0.15, 0.2) is 61.2 Å². The van der Waals surface area contributed by atoms with Crippen LogP contribution >= 0.6 is 0 Å². The van der Waals surface area contributed by atoms with Crippen LogP contribution in [0, 0.1) is 0 Å². The summed E-state index contributed by atoms with van der Waals surface area (Å²) in [6.45, 7) is 4.79. The van der Waals surface area contributed by atoms with Crippen molar-refractivity contribution in [3.8, 4) is 11.3 Å². The number of carbonyl (C=O) groups excluding carboxylic acids is 1. The molecule has 2 aromatic carbocycles. The third-order valence-corrected chi connectivity index (χ3v) is 5.42. The molecule has 4 rings (SSSR count). The van der Waals surface area contributed by atoms with E-state index in [0.29, 0.717) is 30.2 Å². The lowest BCUT2D eigenvalue weighted by Crippen LogP contribution is -2.44. The third-order valence-electron chi connectivity index (χ3n) is 5.42. The number of fused-ring (bicyclic) bond motifs is 1. The van der Waals surface area contributed by atoms with Crippen LogP contribution in [0.2, 0.25) is 0 Å². The molecule has 1 amide bonds. The number of alkyl halides is 3.